The maximum Gasteiger partial charge on any atom is 0.305 e. The van der Waals surface area contributed by atoms with Gasteiger partial charge in [0.25, 0.3) is 0 Å². The molecule has 0 aliphatic carbocycles. The highest BCUT2D eigenvalue weighted by Crippen LogP contribution is 2.23. The predicted molar refractivity (Wildman–Crippen MR) is 91.6 cm³/mol. The summed E-state index contributed by atoms with van der Waals surface area (Å²) in [4.78, 5) is 34.6. The second-order valence-electron chi connectivity index (χ2n) is 5.72. The van der Waals surface area contributed by atoms with Crippen LogP contribution in [0.3, 0.4) is 0 Å². The van der Waals surface area contributed by atoms with Crippen LogP contribution in [0.1, 0.15) is 53.4 Å². The first kappa shape index (κ1) is 22.9. The van der Waals surface area contributed by atoms with Crippen molar-refractivity contribution >= 4 is 17.9 Å². The summed E-state index contributed by atoms with van der Waals surface area (Å²) in [6.45, 7) is 10.4. The summed E-state index contributed by atoms with van der Waals surface area (Å²) in [7, 11) is 0. The average Bonchev–Trinajstić information content (AvgIpc) is 2.65. The van der Waals surface area contributed by atoms with Crippen LogP contribution < -0.4 is 0 Å². The highest BCUT2D eigenvalue weighted by molar-refractivity contribution is 5.70. The van der Waals surface area contributed by atoms with Gasteiger partial charge in [0.15, 0.2) is 0 Å². The van der Waals surface area contributed by atoms with E-state index in [2.05, 4.69) is 6.58 Å². The fourth-order valence-electron chi connectivity index (χ4n) is 1.61. The van der Waals surface area contributed by atoms with Gasteiger partial charge in [-0.3, -0.25) is 14.4 Å². The number of ether oxygens (including phenoxy) is 4. The van der Waals surface area contributed by atoms with Crippen LogP contribution in [0.5, 0.6) is 0 Å². The molecule has 0 aromatic carbocycles. The van der Waals surface area contributed by atoms with Gasteiger partial charge in [0.1, 0.15) is 31.8 Å². The molecule has 0 bridgehead atoms. The number of carbonyl (C=O) groups excluding carboxylic acids is 3. The highest BCUT2D eigenvalue weighted by Gasteiger charge is 2.37. The number of hydrogen-bond acceptors (Lipinski definition) is 7. The standard InChI is InChI=1S/C18H30O7/c1-6-14(5)22-10-18(11-23-15(19)7-2,12-24-16(20)8-3)13-25-17(21)9-4/h5-13H2,1-4H3. The van der Waals surface area contributed by atoms with Gasteiger partial charge < -0.3 is 18.9 Å². The Kier molecular flexibility index (Phi) is 11.3. The van der Waals surface area contributed by atoms with Gasteiger partial charge in [0.2, 0.25) is 0 Å². The van der Waals surface area contributed by atoms with Crippen molar-refractivity contribution in [3.05, 3.63) is 12.3 Å². The topological polar surface area (TPSA) is 88.1 Å². The molecule has 0 aliphatic rings. The summed E-state index contributed by atoms with van der Waals surface area (Å²) in [6, 6.07) is 0. The Bertz CT molecular complexity index is 371. The smallest absolute Gasteiger partial charge is 0.305 e. The Morgan fingerprint density at radius 3 is 1.24 bits per heavy atom. The lowest BCUT2D eigenvalue weighted by molar-refractivity contribution is -0.165. The van der Waals surface area contributed by atoms with Crippen LogP contribution in [-0.2, 0) is 33.3 Å². The molecule has 0 aliphatic heterocycles. The minimum Gasteiger partial charge on any atom is -0.498 e. The van der Waals surface area contributed by atoms with Gasteiger partial charge in [0, 0.05) is 25.7 Å². The number of esters is 3. The van der Waals surface area contributed by atoms with Crippen LogP contribution in [0.4, 0.5) is 0 Å². The molecule has 0 unspecified atom stereocenters. The average molecular weight is 358 g/mol. The van der Waals surface area contributed by atoms with Gasteiger partial charge in [-0.2, -0.15) is 0 Å². The summed E-state index contributed by atoms with van der Waals surface area (Å²) < 4.78 is 21.3. The van der Waals surface area contributed by atoms with Gasteiger partial charge in [-0.05, 0) is 0 Å². The molecule has 0 N–H and O–H groups in total. The molecular formula is C18H30O7. The second kappa shape index (κ2) is 12.3. The van der Waals surface area contributed by atoms with E-state index in [1.807, 2.05) is 6.92 Å². The molecule has 0 amide bonds. The molecule has 0 aromatic rings. The Morgan fingerprint density at radius 1 is 0.640 bits per heavy atom. The zero-order valence-electron chi connectivity index (χ0n) is 15.7. The molecule has 144 valence electrons. The molecule has 0 heterocycles. The third kappa shape index (κ3) is 9.74. The largest absolute Gasteiger partial charge is 0.498 e. The van der Waals surface area contributed by atoms with E-state index in [1.54, 1.807) is 20.8 Å². The van der Waals surface area contributed by atoms with E-state index in [9.17, 15) is 14.4 Å². The fraction of sp³-hybridized carbons (Fsp3) is 0.722. The van der Waals surface area contributed by atoms with Crippen molar-refractivity contribution in [2.24, 2.45) is 5.41 Å². The Balaban J connectivity index is 5.24. The molecule has 25 heavy (non-hydrogen) atoms. The van der Waals surface area contributed by atoms with Crippen LogP contribution in [-0.4, -0.2) is 44.3 Å². The number of carbonyl (C=O) groups is 3. The number of rotatable bonds is 13. The maximum atomic E-state index is 11.5. The third-order valence-electron chi connectivity index (χ3n) is 3.46. The molecule has 0 rings (SSSR count). The lowest BCUT2D eigenvalue weighted by atomic mass is 9.92. The molecule has 7 heteroatoms. The van der Waals surface area contributed by atoms with Crippen LogP contribution in [0.15, 0.2) is 12.3 Å². The summed E-state index contributed by atoms with van der Waals surface area (Å²) >= 11 is 0. The van der Waals surface area contributed by atoms with E-state index >= 15 is 0 Å². The van der Waals surface area contributed by atoms with Crippen molar-refractivity contribution in [3.63, 3.8) is 0 Å². The first-order valence-corrected chi connectivity index (χ1v) is 8.59. The van der Waals surface area contributed by atoms with E-state index in [0.717, 1.165) is 0 Å². The SMILES string of the molecule is C=C(CC)OCC(COC(=O)CC)(COC(=O)CC)COC(=O)CC. The number of hydrogen-bond donors (Lipinski definition) is 0. The molecular weight excluding hydrogens is 328 g/mol. The van der Waals surface area contributed by atoms with E-state index in [0.29, 0.717) is 12.2 Å². The highest BCUT2D eigenvalue weighted by atomic mass is 16.6. The molecule has 0 saturated carbocycles. The molecule has 7 nitrogen and oxygen atoms in total. The number of allylic oxidation sites excluding steroid dienone is 1. The van der Waals surface area contributed by atoms with E-state index in [1.165, 1.54) is 0 Å². The van der Waals surface area contributed by atoms with Crippen LogP contribution in [0.2, 0.25) is 0 Å². The molecule has 0 aromatic heterocycles. The van der Waals surface area contributed by atoms with Crippen LogP contribution >= 0.6 is 0 Å². The zero-order valence-corrected chi connectivity index (χ0v) is 15.7. The Morgan fingerprint density at radius 2 is 0.960 bits per heavy atom. The second-order valence-corrected chi connectivity index (χ2v) is 5.72. The summed E-state index contributed by atoms with van der Waals surface area (Å²) in [5.41, 5.74) is -0.988. The van der Waals surface area contributed by atoms with Gasteiger partial charge in [-0.1, -0.05) is 34.3 Å². The zero-order chi connectivity index (χ0) is 19.3. The van der Waals surface area contributed by atoms with Crippen molar-refractivity contribution in [2.75, 3.05) is 26.4 Å². The molecule has 0 radical (unpaired) electrons. The van der Waals surface area contributed by atoms with Crippen LogP contribution in [0, 0.1) is 5.41 Å². The summed E-state index contributed by atoms with van der Waals surface area (Å²) in [5, 5.41) is 0. The van der Waals surface area contributed by atoms with Crippen molar-refractivity contribution in [1.29, 1.82) is 0 Å². The van der Waals surface area contributed by atoms with Crippen molar-refractivity contribution in [3.8, 4) is 0 Å². The van der Waals surface area contributed by atoms with Gasteiger partial charge >= 0.3 is 17.9 Å². The fourth-order valence-corrected chi connectivity index (χ4v) is 1.61. The normalized spacial score (nSPS) is 10.7. The molecule has 0 fully saturated rings. The Labute approximate surface area is 149 Å². The monoisotopic (exact) mass is 358 g/mol. The molecule has 0 saturated heterocycles. The lowest BCUT2D eigenvalue weighted by Crippen LogP contribution is -2.43. The first-order valence-electron chi connectivity index (χ1n) is 8.59. The molecule has 0 atom stereocenters. The first-order chi connectivity index (χ1) is 11.8. The van der Waals surface area contributed by atoms with E-state index < -0.39 is 23.3 Å². The Hall–Kier alpha value is -2.05. The quantitative estimate of drug-likeness (QED) is 0.284. The minimum absolute atomic E-state index is 0.0463. The van der Waals surface area contributed by atoms with Gasteiger partial charge in [-0.25, -0.2) is 0 Å². The van der Waals surface area contributed by atoms with Crippen molar-refractivity contribution in [1.82, 2.24) is 0 Å². The third-order valence-corrected chi connectivity index (χ3v) is 3.46. The maximum absolute atomic E-state index is 11.5. The van der Waals surface area contributed by atoms with Crippen LogP contribution in [0.25, 0.3) is 0 Å². The van der Waals surface area contributed by atoms with E-state index in [-0.39, 0.29) is 45.7 Å². The summed E-state index contributed by atoms with van der Waals surface area (Å²) in [6.07, 6.45) is 1.24. The van der Waals surface area contributed by atoms with E-state index in [4.69, 9.17) is 18.9 Å². The van der Waals surface area contributed by atoms with Crippen molar-refractivity contribution in [2.45, 2.75) is 53.4 Å². The van der Waals surface area contributed by atoms with Crippen molar-refractivity contribution < 1.29 is 33.3 Å². The summed E-state index contributed by atoms with van der Waals surface area (Å²) in [5.74, 6) is -0.665. The predicted octanol–water partition coefficient (Wildman–Crippen LogP) is 2.77. The molecule has 0 spiro atoms. The van der Waals surface area contributed by atoms with Gasteiger partial charge in [0.05, 0.1) is 5.76 Å². The lowest BCUT2D eigenvalue weighted by Gasteiger charge is -2.32. The minimum atomic E-state index is -0.988. The van der Waals surface area contributed by atoms with Gasteiger partial charge in [-0.15, -0.1) is 0 Å².